The van der Waals surface area contributed by atoms with Gasteiger partial charge < -0.3 is 10.1 Å². The number of benzene rings is 2. The van der Waals surface area contributed by atoms with Gasteiger partial charge in [0.2, 0.25) is 5.82 Å². The van der Waals surface area contributed by atoms with Gasteiger partial charge in [-0.1, -0.05) is 18.2 Å². The van der Waals surface area contributed by atoms with Gasteiger partial charge in [0.15, 0.2) is 6.10 Å². The fraction of sp³-hybridized carbons (Fsp3) is 0.125. The zero-order chi connectivity index (χ0) is 17.3. The molecule has 0 aromatic heterocycles. The summed E-state index contributed by atoms with van der Waals surface area (Å²) < 4.78 is 18.4. The minimum Gasteiger partial charge on any atom is -0.448 e. The number of rotatable bonds is 3. The summed E-state index contributed by atoms with van der Waals surface area (Å²) in [5.41, 5.74) is 0.375. The first-order valence-electron chi connectivity index (χ1n) is 6.99. The van der Waals surface area contributed by atoms with Crippen LogP contribution in [0.15, 0.2) is 42.5 Å². The van der Waals surface area contributed by atoms with Crippen LogP contribution in [0.2, 0.25) is 0 Å². The normalized spacial score (nSPS) is 16.0. The molecule has 1 heterocycles. The number of ether oxygens (including phenoxy) is 1. The Hall–Kier alpha value is -3.29. The number of esters is 1. The number of nitro groups is 1. The van der Waals surface area contributed by atoms with E-state index in [1.54, 1.807) is 24.3 Å². The van der Waals surface area contributed by atoms with Gasteiger partial charge in [0.1, 0.15) is 0 Å². The molecule has 8 heteroatoms. The summed E-state index contributed by atoms with van der Waals surface area (Å²) in [7, 11) is 0. The number of nitrogens with one attached hydrogen (secondary N) is 1. The third kappa shape index (κ3) is 2.94. The zero-order valence-electron chi connectivity index (χ0n) is 12.2. The van der Waals surface area contributed by atoms with E-state index in [-0.39, 0.29) is 12.1 Å². The van der Waals surface area contributed by atoms with Gasteiger partial charge in [-0.25, -0.2) is 4.79 Å². The highest BCUT2D eigenvalue weighted by molar-refractivity contribution is 6.00. The molecular formula is C16H11FN2O5. The smallest absolute Gasteiger partial charge is 0.339 e. The van der Waals surface area contributed by atoms with E-state index < -0.39 is 34.4 Å². The molecule has 7 nitrogen and oxygen atoms in total. The summed E-state index contributed by atoms with van der Waals surface area (Å²) in [5, 5.41) is 13.1. The van der Waals surface area contributed by atoms with Crippen LogP contribution in [-0.4, -0.2) is 22.9 Å². The molecule has 0 radical (unpaired) electrons. The van der Waals surface area contributed by atoms with Crippen LogP contribution in [0.25, 0.3) is 0 Å². The van der Waals surface area contributed by atoms with Gasteiger partial charge >= 0.3 is 11.7 Å². The fourth-order valence-electron chi connectivity index (χ4n) is 2.43. The molecule has 122 valence electrons. The second-order valence-electron chi connectivity index (χ2n) is 5.17. The Bertz CT molecular complexity index is 852. The first-order valence-corrected chi connectivity index (χ1v) is 6.99. The summed E-state index contributed by atoms with van der Waals surface area (Å²) in [6, 6.07) is 9.75. The molecule has 0 saturated carbocycles. The summed E-state index contributed by atoms with van der Waals surface area (Å²) >= 11 is 0. The first kappa shape index (κ1) is 15.6. The maximum absolute atomic E-state index is 13.3. The van der Waals surface area contributed by atoms with Crippen molar-refractivity contribution in [3.05, 3.63) is 69.5 Å². The van der Waals surface area contributed by atoms with Crippen LogP contribution in [0, 0.1) is 15.9 Å². The monoisotopic (exact) mass is 330 g/mol. The number of carbonyl (C=O) groups excluding carboxylic acids is 2. The predicted octanol–water partition coefficient (Wildman–Crippen LogP) is 2.45. The van der Waals surface area contributed by atoms with E-state index in [2.05, 4.69) is 5.32 Å². The fourth-order valence-corrected chi connectivity index (χ4v) is 2.43. The average Bonchev–Trinajstić information content (AvgIpc) is 2.56. The minimum atomic E-state index is -1.06. The molecule has 0 fully saturated rings. The van der Waals surface area contributed by atoms with Crippen molar-refractivity contribution in [1.29, 1.82) is 0 Å². The molecule has 0 saturated heterocycles. The van der Waals surface area contributed by atoms with Crippen LogP contribution in [0.5, 0.6) is 0 Å². The van der Waals surface area contributed by atoms with E-state index >= 15 is 0 Å². The lowest BCUT2D eigenvalue weighted by Crippen LogP contribution is -2.37. The molecule has 1 atom stereocenters. The van der Waals surface area contributed by atoms with E-state index in [9.17, 15) is 24.1 Å². The van der Waals surface area contributed by atoms with Gasteiger partial charge in [0.25, 0.3) is 5.91 Å². The number of cyclic esters (lactones) is 1. The maximum atomic E-state index is 13.3. The molecule has 1 unspecified atom stereocenters. The summed E-state index contributed by atoms with van der Waals surface area (Å²) in [6.07, 6.45) is -0.867. The number of nitrogens with zero attached hydrogens (tertiary/aromatic N) is 1. The van der Waals surface area contributed by atoms with Crippen molar-refractivity contribution >= 4 is 23.3 Å². The molecular weight excluding hydrogens is 319 g/mol. The van der Waals surface area contributed by atoms with E-state index in [1.165, 1.54) is 6.07 Å². The quantitative estimate of drug-likeness (QED) is 0.529. The number of amides is 1. The number of fused-ring (bicyclic) bond motifs is 1. The molecule has 1 amide bonds. The lowest BCUT2D eigenvalue weighted by Gasteiger charge is -2.23. The zero-order valence-corrected chi connectivity index (χ0v) is 12.2. The SMILES string of the molecule is O=C1OC(C(=O)Nc2ccc(F)c([N+](=O)[O-])c2)Cc2ccccc21. The van der Waals surface area contributed by atoms with Gasteiger partial charge in [-0.05, 0) is 23.8 Å². The molecule has 0 spiro atoms. The molecule has 1 aliphatic rings. The number of hydrogen-bond acceptors (Lipinski definition) is 5. The van der Waals surface area contributed by atoms with Gasteiger partial charge in [0, 0.05) is 18.2 Å². The Morgan fingerprint density at radius 3 is 2.79 bits per heavy atom. The number of anilines is 1. The van der Waals surface area contributed by atoms with Gasteiger partial charge in [-0.15, -0.1) is 0 Å². The van der Waals surface area contributed by atoms with E-state index in [0.717, 1.165) is 12.1 Å². The van der Waals surface area contributed by atoms with E-state index in [0.29, 0.717) is 11.1 Å². The summed E-state index contributed by atoms with van der Waals surface area (Å²) in [4.78, 5) is 34.0. The highest BCUT2D eigenvalue weighted by Gasteiger charge is 2.31. The lowest BCUT2D eigenvalue weighted by molar-refractivity contribution is -0.387. The van der Waals surface area contributed by atoms with Crippen LogP contribution in [0.4, 0.5) is 15.8 Å². The van der Waals surface area contributed by atoms with Crippen LogP contribution in [0.1, 0.15) is 15.9 Å². The van der Waals surface area contributed by atoms with Gasteiger partial charge in [-0.3, -0.25) is 14.9 Å². The minimum absolute atomic E-state index is 0.0445. The summed E-state index contributed by atoms with van der Waals surface area (Å²) in [6.45, 7) is 0. The first-order chi connectivity index (χ1) is 11.5. The van der Waals surface area contributed by atoms with Gasteiger partial charge in [0.05, 0.1) is 10.5 Å². The molecule has 2 aromatic rings. The molecule has 0 bridgehead atoms. The third-order valence-electron chi connectivity index (χ3n) is 3.59. The molecule has 2 aromatic carbocycles. The van der Waals surface area contributed by atoms with Crippen molar-refractivity contribution < 1.29 is 23.6 Å². The van der Waals surface area contributed by atoms with Crippen molar-refractivity contribution in [2.45, 2.75) is 12.5 Å². The Kier molecular flexibility index (Phi) is 3.95. The topological polar surface area (TPSA) is 98.5 Å². The molecule has 1 N–H and O–H groups in total. The summed E-state index contributed by atoms with van der Waals surface area (Å²) in [5.74, 6) is -2.25. The molecule has 24 heavy (non-hydrogen) atoms. The van der Waals surface area contributed by atoms with E-state index in [1.807, 2.05) is 0 Å². The Labute approximate surface area is 135 Å². The predicted molar refractivity (Wildman–Crippen MR) is 81.0 cm³/mol. The van der Waals surface area contributed by atoms with Crippen molar-refractivity contribution in [2.75, 3.05) is 5.32 Å². The number of halogens is 1. The number of hydrogen-bond donors (Lipinski definition) is 1. The lowest BCUT2D eigenvalue weighted by atomic mass is 9.98. The van der Waals surface area contributed by atoms with Crippen molar-refractivity contribution in [3.8, 4) is 0 Å². The van der Waals surface area contributed by atoms with Crippen molar-refractivity contribution in [3.63, 3.8) is 0 Å². The highest BCUT2D eigenvalue weighted by atomic mass is 19.1. The van der Waals surface area contributed by atoms with Crippen molar-refractivity contribution in [1.82, 2.24) is 0 Å². The average molecular weight is 330 g/mol. The largest absolute Gasteiger partial charge is 0.448 e. The molecule has 0 aliphatic carbocycles. The number of carbonyl (C=O) groups is 2. The molecule has 3 rings (SSSR count). The molecule has 1 aliphatic heterocycles. The van der Waals surface area contributed by atoms with Gasteiger partial charge in [-0.2, -0.15) is 4.39 Å². The van der Waals surface area contributed by atoms with Crippen LogP contribution in [0.3, 0.4) is 0 Å². The van der Waals surface area contributed by atoms with Crippen LogP contribution >= 0.6 is 0 Å². The second-order valence-corrected chi connectivity index (χ2v) is 5.17. The Morgan fingerprint density at radius 1 is 1.29 bits per heavy atom. The third-order valence-corrected chi connectivity index (χ3v) is 3.59. The van der Waals surface area contributed by atoms with E-state index in [4.69, 9.17) is 4.74 Å². The van der Waals surface area contributed by atoms with Crippen LogP contribution in [-0.2, 0) is 16.0 Å². The van der Waals surface area contributed by atoms with Crippen LogP contribution < -0.4 is 5.32 Å². The maximum Gasteiger partial charge on any atom is 0.339 e. The number of nitro benzene ring substituents is 1. The Balaban J connectivity index is 1.78. The van der Waals surface area contributed by atoms with Crippen molar-refractivity contribution in [2.24, 2.45) is 0 Å². The Morgan fingerprint density at radius 2 is 2.04 bits per heavy atom. The second kappa shape index (κ2) is 6.07. The highest BCUT2D eigenvalue weighted by Crippen LogP contribution is 2.24. The standard InChI is InChI=1S/C16H11FN2O5/c17-12-6-5-10(8-13(12)19(22)23)18-15(20)14-7-9-3-1-2-4-11(9)16(21)24-14/h1-6,8,14H,7H2,(H,18,20).